The standard InChI is InChI=1S/C16H19ClN2O2S/c1-4-19(5-2)16(20)14-10-22-15(18-14)9-21-12-6-7-13(17)11(3)8-12/h6-8,10H,4-5,9H2,1-3H3. The van der Waals surface area contributed by atoms with Crippen LogP contribution in [0.5, 0.6) is 5.75 Å². The summed E-state index contributed by atoms with van der Waals surface area (Å²) in [4.78, 5) is 18.3. The summed E-state index contributed by atoms with van der Waals surface area (Å²) in [5, 5.41) is 3.28. The molecule has 6 heteroatoms. The van der Waals surface area contributed by atoms with Crippen LogP contribution in [0, 0.1) is 6.92 Å². The van der Waals surface area contributed by atoms with E-state index in [0.29, 0.717) is 30.4 Å². The molecule has 0 unspecified atom stereocenters. The second-order valence-electron chi connectivity index (χ2n) is 4.80. The zero-order chi connectivity index (χ0) is 16.1. The number of halogens is 1. The van der Waals surface area contributed by atoms with Crippen LogP contribution < -0.4 is 4.74 Å². The highest BCUT2D eigenvalue weighted by Crippen LogP contribution is 2.22. The van der Waals surface area contributed by atoms with Crippen molar-refractivity contribution in [2.45, 2.75) is 27.4 Å². The third-order valence-electron chi connectivity index (χ3n) is 3.31. The molecule has 1 amide bonds. The van der Waals surface area contributed by atoms with Crippen LogP contribution in [-0.2, 0) is 6.61 Å². The van der Waals surface area contributed by atoms with E-state index in [1.807, 2.05) is 39.0 Å². The summed E-state index contributed by atoms with van der Waals surface area (Å²) in [6.45, 7) is 7.56. The number of hydrogen-bond acceptors (Lipinski definition) is 4. The molecule has 0 N–H and O–H groups in total. The van der Waals surface area contributed by atoms with Crippen molar-refractivity contribution in [3.63, 3.8) is 0 Å². The maximum atomic E-state index is 12.2. The average molecular weight is 339 g/mol. The zero-order valence-corrected chi connectivity index (χ0v) is 14.5. The van der Waals surface area contributed by atoms with Gasteiger partial charge >= 0.3 is 0 Å². The van der Waals surface area contributed by atoms with Crippen LogP contribution >= 0.6 is 22.9 Å². The number of rotatable bonds is 6. The van der Waals surface area contributed by atoms with E-state index in [2.05, 4.69) is 4.98 Å². The van der Waals surface area contributed by atoms with Gasteiger partial charge in [-0.2, -0.15) is 0 Å². The predicted octanol–water partition coefficient (Wildman–Crippen LogP) is 4.17. The maximum absolute atomic E-state index is 12.2. The number of ether oxygens (including phenoxy) is 1. The predicted molar refractivity (Wildman–Crippen MR) is 89.9 cm³/mol. The third kappa shape index (κ3) is 3.99. The molecule has 0 fully saturated rings. The lowest BCUT2D eigenvalue weighted by Gasteiger charge is -2.16. The summed E-state index contributed by atoms with van der Waals surface area (Å²) in [6.07, 6.45) is 0. The second-order valence-corrected chi connectivity index (χ2v) is 6.15. The van der Waals surface area contributed by atoms with Gasteiger partial charge in [0.25, 0.3) is 5.91 Å². The Morgan fingerprint density at radius 1 is 1.36 bits per heavy atom. The van der Waals surface area contributed by atoms with Crippen molar-refractivity contribution in [3.05, 3.63) is 44.9 Å². The summed E-state index contributed by atoms with van der Waals surface area (Å²) in [5.41, 5.74) is 1.45. The lowest BCUT2D eigenvalue weighted by atomic mass is 10.2. The molecule has 2 rings (SSSR count). The van der Waals surface area contributed by atoms with Gasteiger partial charge in [-0.25, -0.2) is 4.98 Å². The Bertz CT molecular complexity index is 653. The number of thiazole rings is 1. The summed E-state index contributed by atoms with van der Waals surface area (Å²) in [5.74, 6) is 0.712. The van der Waals surface area contributed by atoms with Crippen molar-refractivity contribution < 1.29 is 9.53 Å². The van der Waals surface area contributed by atoms with Gasteiger partial charge in [-0.1, -0.05) is 11.6 Å². The summed E-state index contributed by atoms with van der Waals surface area (Å²) >= 11 is 7.42. The Balaban J connectivity index is 2.00. The minimum Gasteiger partial charge on any atom is -0.486 e. The van der Waals surface area contributed by atoms with Crippen LogP contribution in [0.4, 0.5) is 0 Å². The van der Waals surface area contributed by atoms with Crippen molar-refractivity contribution in [1.82, 2.24) is 9.88 Å². The van der Waals surface area contributed by atoms with Crippen LogP contribution in [0.15, 0.2) is 23.6 Å². The smallest absolute Gasteiger partial charge is 0.273 e. The summed E-state index contributed by atoms with van der Waals surface area (Å²) in [7, 11) is 0. The van der Waals surface area contributed by atoms with Gasteiger partial charge in [0.1, 0.15) is 23.1 Å². The number of aromatic nitrogens is 1. The average Bonchev–Trinajstić information content (AvgIpc) is 2.98. The van der Waals surface area contributed by atoms with E-state index in [4.69, 9.17) is 16.3 Å². The summed E-state index contributed by atoms with van der Waals surface area (Å²) < 4.78 is 5.70. The minimum absolute atomic E-state index is 0.0326. The number of amides is 1. The Morgan fingerprint density at radius 3 is 2.73 bits per heavy atom. The first kappa shape index (κ1) is 16.8. The summed E-state index contributed by atoms with van der Waals surface area (Å²) in [6, 6.07) is 5.52. The van der Waals surface area contributed by atoms with E-state index in [0.717, 1.165) is 16.3 Å². The van der Waals surface area contributed by atoms with Crippen molar-refractivity contribution >= 4 is 28.8 Å². The Hall–Kier alpha value is -1.59. The molecular formula is C16H19ClN2O2S. The second kappa shape index (κ2) is 7.61. The third-order valence-corrected chi connectivity index (χ3v) is 4.56. The Morgan fingerprint density at radius 2 is 2.09 bits per heavy atom. The molecule has 0 saturated carbocycles. The van der Waals surface area contributed by atoms with Gasteiger partial charge < -0.3 is 9.64 Å². The fourth-order valence-electron chi connectivity index (χ4n) is 2.00. The van der Waals surface area contributed by atoms with Crippen LogP contribution in [0.1, 0.15) is 34.9 Å². The molecule has 2 aromatic rings. The van der Waals surface area contributed by atoms with Crippen molar-refractivity contribution in [2.75, 3.05) is 13.1 Å². The molecule has 0 aliphatic carbocycles. The molecule has 22 heavy (non-hydrogen) atoms. The van der Waals surface area contributed by atoms with Crippen LogP contribution in [0.2, 0.25) is 5.02 Å². The largest absolute Gasteiger partial charge is 0.486 e. The molecule has 4 nitrogen and oxygen atoms in total. The molecule has 118 valence electrons. The Labute approximate surface area is 139 Å². The van der Waals surface area contributed by atoms with Gasteiger partial charge in [0, 0.05) is 23.5 Å². The van der Waals surface area contributed by atoms with E-state index >= 15 is 0 Å². The fourth-order valence-corrected chi connectivity index (χ4v) is 2.80. The van der Waals surface area contributed by atoms with Crippen molar-refractivity contribution in [2.24, 2.45) is 0 Å². The molecule has 1 aromatic heterocycles. The van der Waals surface area contributed by atoms with Gasteiger partial charge in [-0.05, 0) is 44.5 Å². The van der Waals surface area contributed by atoms with Gasteiger partial charge in [-0.3, -0.25) is 4.79 Å². The lowest BCUT2D eigenvalue weighted by molar-refractivity contribution is 0.0767. The highest BCUT2D eigenvalue weighted by Gasteiger charge is 2.16. The first-order valence-corrected chi connectivity index (χ1v) is 8.43. The lowest BCUT2D eigenvalue weighted by Crippen LogP contribution is -2.30. The highest BCUT2D eigenvalue weighted by molar-refractivity contribution is 7.09. The zero-order valence-electron chi connectivity index (χ0n) is 12.9. The SMILES string of the molecule is CCN(CC)C(=O)c1csc(COc2ccc(Cl)c(C)c2)n1. The molecule has 1 aromatic carbocycles. The molecular weight excluding hydrogens is 320 g/mol. The number of hydrogen-bond donors (Lipinski definition) is 0. The van der Waals surface area contributed by atoms with Crippen molar-refractivity contribution in [1.29, 1.82) is 0 Å². The molecule has 0 aliphatic heterocycles. The van der Waals surface area contributed by atoms with Gasteiger partial charge in [0.2, 0.25) is 0 Å². The molecule has 0 spiro atoms. The van der Waals surface area contributed by atoms with Crippen LogP contribution in [0.25, 0.3) is 0 Å². The van der Waals surface area contributed by atoms with Gasteiger partial charge in [-0.15, -0.1) is 11.3 Å². The molecule has 0 radical (unpaired) electrons. The monoisotopic (exact) mass is 338 g/mol. The normalized spacial score (nSPS) is 10.5. The molecule has 0 aliphatic rings. The molecule has 1 heterocycles. The van der Waals surface area contributed by atoms with E-state index < -0.39 is 0 Å². The number of carbonyl (C=O) groups excluding carboxylic acids is 1. The van der Waals surface area contributed by atoms with Gasteiger partial charge in [0.05, 0.1) is 0 Å². The van der Waals surface area contributed by atoms with Crippen LogP contribution in [0.3, 0.4) is 0 Å². The fraction of sp³-hybridized carbons (Fsp3) is 0.375. The first-order chi connectivity index (χ1) is 10.5. The Kier molecular flexibility index (Phi) is 5.80. The minimum atomic E-state index is -0.0326. The van der Waals surface area contributed by atoms with E-state index in [9.17, 15) is 4.79 Å². The molecule has 0 saturated heterocycles. The van der Waals surface area contributed by atoms with Gasteiger partial charge in [0.15, 0.2) is 0 Å². The number of carbonyl (C=O) groups is 1. The topological polar surface area (TPSA) is 42.4 Å². The quantitative estimate of drug-likeness (QED) is 0.794. The van der Waals surface area contributed by atoms with Crippen molar-refractivity contribution in [3.8, 4) is 5.75 Å². The number of nitrogens with zero attached hydrogens (tertiary/aromatic N) is 2. The van der Waals surface area contributed by atoms with E-state index in [1.165, 1.54) is 11.3 Å². The number of benzene rings is 1. The van der Waals surface area contributed by atoms with Crippen LogP contribution in [-0.4, -0.2) is 28.9 Å². The maximum Gasteiger partial charge on any atom is 0.273 e. The molecule has 0 atom stereocenters. The highest BCUT2D eigenvalue weighted by atomic mass is 35.5. The molecule has 0 bridgehead atoms. The number of aryl methyl sites for hydroxylation is 1. The van der Waals surface area contributed by atoms with E-state index in [-0.39, 0.29) is 5.91 Å². The first-order valence-electron chi connectivity index (χ1n) is 7.17. The van der Waals surface area contributed by atoms with E-state index in [1.54, 1.807) is 10.3 Å².